The van der Waals surface area contributed by atoms with Crippen molar-refractivity contribution in [3.05, 3.63) is 35.4 Å². The number of hydrazine groups is 1. The van der Waals surface area contributed by atoms with Gasteiger partial charge in [0, 0.05) is 0 Å². The molecule has 4 nitrogen and oxygen atoms in total. The first kappa shape index (κ1) is 17.3. The number of carbonyl (C=O) groups is 1. The molecule has 1 aromatic carbocycles. The van der Waals surface area contributed by atoms with Crippen molar-refractivity contribution in [3.8, 4) is 0 Å². The lowest BCUT2D eigenvalue weighted by atomic mass is 10.1. The van der Waals surface area contributed by atoms with Crippen LogP contribution in [0.25, 0.3) is 0 Å². The van der Waals surface area contributed by atoms with Crippen molar-refractivity contribution < 1.29 is 31.5 Å². The number of halogens is 5. The highest BCUT2D eigenvalue weighted by molar-refractivity contribution is 5.77. The lowest BCUT2D eigenvalue weighted by molar-refractivity contribution is -0.297. The van der Waals surface area contributed by atoms with Crippen molar-refractivity contribution in [2.75, 3.05) is 6.61 Å². The number of benzene rings is 1. The molecular weight excluding hydrogens is 299 g/mol. The van der Waals surface area contributed by atoms with Crippen LogP contribution in [0.4, 0.5) is 22.0 Å². The van der Waals surface area contributed by atoms with Crippen molar-refractivity contribution >= 4 is 5.91 Å². The molecule has 0 aromatic heterocycles. The summed E-state index contributed by atoms with van der Waals surface area (Å²) in [7, 11) is 0. The molecule has 1 rings (SSSR count). The van der Waals surface area contributed by atoms with E-state index in [1.54, 1.807) is 0 Å². The number of amides is 1. The highest BCUT2D eigenvalue weighted by Gasteiger charge is 2.57. The Balaban J connectivity index is 2.48. The van der Waals surface area contributed by atoms with Gasteiger partial charge in [-0.05, 0) is 11.1 Å². The lowest BCUT2D eigenvalue weighted by Gasteiger charge is -2.19. The maximum absolute atomic E-state index is 12.6. The normalized spacial score (nSPS) is 12.3. The maximum Gasteiger partial charge on any atom is 0.455 e. The van der Waals surface area contributed by atoms with E-state index < -0.39 is 31.2 Å². The predicted molar refractivity (Wildman–Crippen MR) is 63.1 cm³/mol. The third-order valence-electron chi connectivity index (χ3n) is 2.52. The van der Waals surface area contributed by atoms with Crippen LogP contribution >= 0.6 is 0 Å². The van der Waals surface area contributed by atoms with Gasteiger partial charge in [-0.3, -0.25) is 10.2 Å². The van der Waals surface area contributed by atoms with Crippen LogP contribution in [0.1, 0.15) is 11.1 Å². The van der Waals surface area contributed by atoms with E-state index in [0.717, 1.165) is 0 Å². The van der Waals surface area contributed by atoms with E-state index in [2.05, 4.69) is 4.74 Å². The third kappa shape index (κ3) is 5.27. The van der Waals surface area contributed by atoms with Gasteiger partial charge in [0.1, 0.15) is 6.61 Å². The van der Waals surface area contributed by atoms with E-state index in [9.17, 15) is 26.7 Å². The van der Waals surface area contributed by atoms with Crippen LogP contribution in [-0.4, -0.2) is 24.6 Å². The zero-order valence-corrected chi connectivity index (χ0v) is 10.7. The monoisotopic (exact) mass is 312 g/mol. The first-order valence-electron chi connectivity index (χ1n) is 5.75. The lowest BCUT2D eigenvalue weighted by Crippen LogP contribution is -2.40. The van der Waals surface area contributed by atoms with Crippen molar-refractivity contribution in [3.63, 3.8) is 0 Å². The minimum atomic E-state index is -5.63. The Kier molecular flexibility index (Phi) is 5.62. The smallest absolute Gasteiger partial charge is 0.370 e. The molecule has 0 saturated heterocycles. The highest BCUT2D eigenvalue weighted by Crippen LogP contribution is 2.35. The predicted octanol–water partition coefficient (Wildman–Crippen LogP) is 1.93. The Morgan fingerprint density at radius 3 is 2.10 bits per heavy atom. The number of hydrogen-bond donors (Lipinski definition) is 2. The Labute approximate surface area is 117 Å². The Bertz CT molecular complexity index is 474. The van der Waals surface area contributed by atoms with Crippen LogP contribution in [0.3, 0.4) is 0 Å². The molecule has 21 heavy (non-hydrogen) atoms. The third-order valence-corrected chi connectivity index (χ3v) is 2.52. The fourth-order valence-corrected chi connectivity index (χ4v) is 1.37. The molecule has 9 heteroatoms. The summed E-state index contributed by atoms with van der Waals surface area (Å²) in [5.74, 6) is -0.387. The molecule has 0 spiro atoms. The van der Waals surface area contributed by atoms with Crippen molar-refractivity contribution in [1.82, 2.24) is 5.43 Å². The summed E-state index contributed by atoms with van der Waals surface area (Å²) in [5, 5.41) is 0. The zero-order valence-electron chi connectivity index (χ0n) is 10.7. The molecule has 0 heterocycles. The molecule has 0 aliphatic heterocycles. The van der Waals surface area contributed by atoms with Gasteiger partial charge in [0.2, 0.25) is 5.91 Å². The van der Waals surface area contributed by atoms with Gasteiger partial charge in [0.05, 0.1) is 13.0 Å². The van der Waals surface area contributed by atoms with Crippen LogP contribution < -0.4 is 11.3 Å². The maximum atomic E-state index is 12.6. The zero-order chi connectivity index (χ0) is 16.1. The minimum absolute atomic E-state index is 0.0315. The first-order valence-corrected chi connectivity index (χ1v) is 5.75. The summed E-state index contributed by atoms with van der Waals surface area (Å²) in [4.78, 5) is 11.0. The van der Waals surface area contributed by atoms with E-state index in [4.69, 9.17) is 5.84 Å². The van der Waals surface area contributed by atoms with Gasteiger partial charge < -0.3 is 4.74 Å². The summed E-state index contributed by atoms with van der Waals surface area (Å²) >= 11 is 0. The molecule has 0 saturated carbocycles. The van der Waals surface area contributed by atoms with Gasteiger partial charge in [-0.25, -0.2) is 5.84 Å². The summed E-state index contributed by atoms with van der Waals surface area (Å²) in [6.07, 6.45) is -5.60. The van der Waals surface area contributed by atoms with Crippen LogP contribution in [-0.2, 0) is 22.6 Å². The molecule has 0 unspecified atom stereocenters. The first-order chi connectivity index (χ1) is 9.65. The number of nitrogens with one attached hydrogen (secondary N) is 1. The second-order valence-electron chi connectivity index (χ2n) is 4.26. The minimum Gasteiger partial charge on any atom is -0.370 e. The number of nitrogens with two attached hydrogens (primary N) is 1. The molecule has 0 aliphatic carbocycles. The average Bonchev–Trinajstić information content (AvgIpc) is 2.39. The topological polar surface area (TPSA) is 64.3 Å². The van der Waals surface area contributed by atoms with Gasteiger partial charge in [-0.2, -0.15) is 22.0 Å². The average molecular weight is 312 g/mol. The fourth-order valence-electron chi connectivity index (χ4n) is 1.37. The van der Waals surface area contributed by atoms with E-state index in [-0.39, 0.29) is 6.42 Å². The Hall–Kier alpha value is -1.74. The molecule has 0 aliphatic rings. The summed E-state index contributed by atoms with van der Waals surface area (Å²) in [6, 6.07) is 5.97. The van der Waals surface area contributed by atoms with E-state index in [1.165, 1.54) is 24.3 Å². The number of alkyl halides is 5. The van der Waals surface area contributed by atoms with Crippen LogP contribution in [0.5, 0.6) is 0 Å². The highest BCUT2D eigenvalue weighted by atomic mass is 19.4. The Morgan fingerprint density at radius 2 is 1.62 bits per heavy atom. The van der Waals surface area contributed by atoms with E-state index in [0.29, 0.717) is 11.1 Å². The van der Waals surface area contributed by atoms with Crippen LogP contribution in [0, 0.1) is 0 Å². The standard InChI is InChI=1S/C12H13F5N2O2/c13-11(14,12(15,16)17)7-21-6-9-3-1-8(2-4-9)5-10(20)19-18/h1-4H,5-7,18H2,(H,19,20). The van der Waals surface area contributed by atoms with Gasteiger partial charge in [-0.1, -0.05) is 24.3 Å². The number of carbonyl (C=O) groups excluding carboxylic acids is 1. The van der Waals surface area contributed by atoms with Crippen LogP contribution in [0.15, 0.2) is 24.3 Å². The molecule has 0 bridgehead atoms. The summed E-state index contributed by atoms with van der Waals surface area (Å²) in [5.41, 5.74) is 2.96. The van der Waals surface area contributed by atoms with Crippen LogP contribution in [0.2, 0.25) is 0 Å². The second kappa shape index (κ2) is 6.81. The fraction of sp³-hybridized carbons (Fsp3) is 0.417. The van der Waals surface area contributed by atoms with Gasteiger partial charge in [0.25, 0.3) is 0 Å². The van der Waals surface area contributed by atoms with E-state index >= 15 is 0 Å². The van der Waals surface area contributed by atoms with Gasteiger partial charge in [-0.15, -0.1) is 0 Å². The molecule has 0 fully saturated rings. The second-order valence-corrected chi connectivity index (χ2v) is 4.26. The number of ether oxygens (including phenoxy) is 1. The molecule has 0 atom stereocenters. The van der Waals surface area contributed by atoms with E-state index in [1.807, 2.05) is 5.43 Å². The molecule has 0 radical (unpaired) electrons. The summed E-state index contributed by atoms with van der Waals surface area (Å²) < 4.78 is 65.2. The largest absolute Gasteiger partial charge is 0.455 e. The van der Waals surface area contributed by atoms with Gasteiger partial charge >= 0.3 is 12.1 Å². The molecule has 1 aromatic rings. The SMILES string of the molecule is NNC(=O)Cc1ccc(COCC(F)(F)C(F)(F)F)cc1. The Morgan fingerprint density at radius 1 is 1.10 bits per heavy atom. The summed E-state index contributed by atoms with van der Waals surface area (Å²) in [6.45, 7) is -2.14. The molecule has 118 valence electrons. The number of rotatable bonds is 6. The van der Waals surface area contributed by atoms with Crippen molar-refractivity contribution in [2.45, 2.75) is 25.1 Å². The van der Waals surface area contributed by atoms with Crippen molar-refractivity contribution in [2.24, 2.45) is 5.84 Å². The number of hydrogen-bond acceptors (Lipinski definition) is 3. The molecule has 1 amide bonds. The van der Waals surface area contributed by atoms with Crippen molar-refractivity contribution in [1.29, 1.82) is 0 Å². The molecular formula is C12H13F5N2O2. The molecule has 3 N–H and O–H groups in total. The van der Waals surface area contributed by atoms with Gasteiger partial charge in [0.15, 0.2) is 0 Å². The quantitative estimate of drug-likeness (QED) is 0.365.